The van der Waals surface area contributed by atoms with Gasteiger partial charge in [0.25, 0.3) is 5.91 Å². The molecule has 0 heterocycles. The van der Waals surface area contributed by atoms with Crippen molar-refractivity contribution in [1.29, 1.82) is 0 Å². The zero-order valence-electron chi connectivity index (χ0n) is 9.24. The minimum absolute atomic E-state index is 0.0570. The van der Waals surface area contributed by atoms with Gasteiger partial charge in [0, 0.05) is 18.1 Å². The van der Waals surface area contributed by atoms with E-state index in [4.69, 9.17) is 9.84 Å². The molecule has 88 valence electrons. The number of amides is 1. The second-order valence-corrected chi connectivity index (χ2v) is 4.21. The number of ether oxygens (including phenoxy) is 1. The van der Waals surface area contributed by atoms with Crippen LogP contribution in [-0.4, -0.2) is 43.2 Å². The zero-order valence-corrected chi connectivity index (χ0v) is 10.8. The van der Waals surface area contributed by atoms with Gasteiger partial charge in [-0.2, -0.15) is 0 Å². The highest BCUT2D eigenvalue weighted by atomic mass is 79.9. The lowest BCUT2D eigenvalue weighted by molar-refractivity contribution is 0.0763. The van der Waals surface area contributed by atoms with E-state index in [1.807, 2.05) is 6.07 Å². The Hall–Kier alpha value is -1.07. The Kier molecular flexibility index (Phi) is 4.76. The minimum atomic E-state index is -0.174. The fourth-order valence-corrected chi connectivity index (χ4v) is 1.67. The lowest BCUT2D eigenvalue weighted by Crippen LogP contribution is -2.29. The summed E-state index contributed by atoms with van der Waals surface area (Å²) in [5, 5.41) is 8.78. The third-order valence-electron chi connectivity index (χ3n) is 2.17. The standard InChI is InChI=1S/C11H14BrNO3/c1-13(5-6-14)11(15)9-7-8(12)3-4-10(9)16-2/h3-4,7,14H,5-6H2,1-2H3. The van der Waals surface area contributed by atoms with Gasteiger partial charge in [-0.15, -0.1) is 0 Å². The maximum atomic E-state index is 12.0. The van der Waals surface area contributed by atoms with Gasteiger partial charge in [-0.3, -0.25) is 4.79 Å². The molecule has 0 aliphatic heterocycles. The van der Waals surface area contributed by atoms with Gasteiger partial charge in [0.15, 0.2) is 0 Å². The molecule has 16 heavy (non-hydrogen) atoms. The molecule has 1 amide bonds. The lowest BCUT2D eigenvalue weighted by Gasteiger charge is -2.17. The zero-order chi connectivity index (χ0) is 12.1. The van der Waals surface area contributed by atoms with Crippen molar-refractivity contribution in [2.75, 3.05) is 27.3 Å². The Morgan fingerprint density at radius 3 is 2.81 bits per heavy atom. The molecule has 0 radical (unpaired) electrons. The van der Waals surface area contributed by atoms with Gasteiger partial charge in [-0.05, 0) is 18.2 Å². The molecule has 5 heteroatoms. The van der Waals surface area contributed by atoms with Gasteiger partial charge in [0.1, 0.15) is 5.75 Å². The average Bonchev–Trinajstić information content (AvgIpc) is 2.28. The number of aliphatic hydroxyl groups is 1. The molecule has 0 aliphatic carbocycles. The third kappa shape index (κ3) is 2.96. The summed E-state index contributed by atoms with van der Waals surface area (Å²) in [4.78, 5) is 13.4. The van der Waals surface area contributed by atoms with Gasteiger partial charge in [0.2, 0.25) is 0 Å². The molecule has 0 saturated heterocycles. The van der Waals surface area contributed by atoms with E-state index >= 15 is 0 Å². The number of hydrogen-bond donors (Lipinski definition) is 1. The van der Waals surface area contributed by atoms with Crippen molar-refractivity contribution in [3.05, 3.63) is 28.2 Å². The molecule has 0 fully saturated rings. The van der Waals surface area contributed by atoms with Crippen LogP contribution >= 0.6 is 15.9 Å². The van der Waals surface area contributed by atoms with Crippen molar-refractivity contribution >= 4 is 21.8 Å². The Morgan fingerprint density at radius 2 is 2.25 bits per heavy atom. The number of aliphatic hydroxyl groups excluding tert-OH is 1. The summed E-state index contributed by atoms with van der Waals surface area (Å²) < 4.78 is 5.93. The smallest absolute Gasteiger partial charge is 0.257 e. The molecule has 1 rings (SSSR count). The predicted octanol–water partition coefficient (Wildman–Crippen LogP) is 1.52. The summed E-state index contributed by atoms with van der Waals surface area (Å²) in [5.41, 5.74) is 0.479. The third-order valence-corrected chi connectivity index (χ3v) is 2.67. The Balaban J connectivity index is 3.01. The molecule has 1 aromatic carbocycles. The number of carbonyl (C=O) groups is 1. The Labute approximate surface area is 103 Å². The number of carbonyl (C=O) groups excluding carboxylic acids is 1. The van der Waals surface area contributed by atoms with Gasteiger partial charge < -0.3 is 14.7 Å². The largest absolute Gasteiger partial charge is 0.496 e. The number of hydrogen-bond acceptors (Lipinski definition) is 3. The van der Waals surface area contributed by atoms with E-state index in [-0.39, 0.29) is 12.5 Å². The van der Waals surface area contributed by atoms with Crippen molar-refractivity contribution in [2.45, 2.75) is 0 Å². The second kappa shape index (κ2) is 5.86. The molecular weight excluding hydrogens is 274 g/mol. The normalized spacial score (nSPS) is 10.0. The van der Waals surface area contributed by atoms with E-state index in [1.165, 1.54) is 12.0 Å². The van der Waals surface area contributed by atoms with Crippen LogP contribution in [0.1, 0.15) is 10.4 Å². The molecule has 1 aromatic rings. The van der Waals surface area contributed by atoms with E-state index in [2.05, 4.69) is 15.9 Å². The minimum Gasteiger partial charge on any atom is -0.496 e. The van der Waals surface area contributed by atoms with E-state index in [0.717, 1.165) is 4.47 Å². The summed E-state index contributed by atoms with van der Waals surface area (Å²) in [7, 11) is 3.16. The highest BCUT2D eigenvalue weighted by Gasteiger charge is 2.16. The van der Waals surface area contributed by atoms with Gasteiger partial charge in [-0.1, -0.05) is 15.9 Å². The van der Waals surface area contributed by atoms with E-state index in [0.29, 0.717) is 17.9 Å². The van der Waals surface area contributed by atoms with Crippen molar-refractivity contribution in [1.82, 2.24) is 4.90 Å². The van der Waals surface area contributed by atoms with E-state index < -0.39 is 0 Å². The fraction of sp³-hybridized carbons (Fsp3) is 0.364. The topological polar surface area (TPSA) is 49.8 Å². The Bertz CT molecular complexity index is 381. The van der Waals surface area contributed by atoms with Crippen molar-refractivity contribution < 1.29 is 14.6 Å². The molecule has 0 spiro atoms. The molecule has 0 saturated carbocycles. The first-order valence-electron chi connectivity index (χ1n) is 4.80. The SMILES string of the molecule is COc1ccc(Br)cc1C(=O)N(C)CCO. The first-order chi connectivity index (χ1) is 7.60. The number of methoxy groups -OCH3 is 1. The van der Waals surface area contributed by atoms with Gasteiger partial charge >= 0.3 is 0 Å². The quantitative estimate of drug-likeness (QED) is 0.914. The number of halogens is 1. The molecule has 0 aromatic heterocycles. The summed E-state index contributed by atoms with van der Waals surface area (Å²) in [5.74, 6) is 0.352. The number of likely N-dealkylation sites (N-methyl/N-ethyl adjacent to an activating group) is 1. The number of rotatable bonds is 4. The molecule has 4 nitrogen and oxygen atoms in total. The van der Waals surface area contributed by atoms with Crippen LogP contribution in [0.4, 0.5) is 0 Å². The maximum absolute atomic E-state index is 12.0. The first kappa shape index (κ1) is 13.0. The summed E-state index contributed by atoms with van der Waals surface area (Å²) >= 11 is 3.31. The highest BCUT2D eigenvalue weighted by molar-refractivity contribution is 9.10. The summed E-state index contributed by atoms with van der Waals surface area (Å²) in [6, 6.07) is 5.24. The molecule has 0 bridgehead atoms. The lowest BCUT2D eigenvalue weighted by atomic mass is 10.2. The number of nitrogens with zero attached hydrogens (tertiary/aromatic N) is 1. The predicted molar refractivity (Wildman–Crippen MR) is 64.7 cm³/mol. The average molecular weight is 288 g/mol. The maximum Gasteiger partial charge on any atom is 0.257 e. The van der Waals surface area contributed by atoms with Gasteiger partial charge in [-0.25, -0.2) is 0 Å². The summed E-state index contributed by atoms with van der Waals surface area (Å²) in [6.07, 6.45) is 0. The van der Waals surface area contributed by atoms with E-state index in [9.17, 15) is 4.79 Å². The van der Waals surface area contributed by atoms with Crippen LogP contribution in [0.5, 0.6) is 5.75 Å². The van der Waals surface area contributed by atoms with E-state index in [1.54, 1.807) is 19.2 Å². The first-order valence-corrected chi connectivity index (χ1v) is 5.59. The van der Waals surface area contributed by atoms with Crippen LogP contribution in [0.25, 0.3) is 0 Å². The number of benzene rings is 1. The molecule has 0 unspecified atom stereocenters. The molecule has 1 N–H and O–H groups in total. The van der Waals surface area contributed by atoms with Crippen LogP contribution < -0.4 is 4.74 Å². The van der Waals surface area contributed by atoms with Crippen LogP contribution in [0.15, 0.2) is 22.7 Å². The van der Waals surface area contributed by atoms with Crippen molar-refractivity contribution in [2.24, 2.45) is 0 Å². The Morgan fingerprint density at radius 1 is 1.56 bits per heavy atom. The molecule has 0 atom stereocenters. The summed E-state index contributed by atoms with van der Waals surface area (Å²) in [6.45, 7) is 0.243. The van der Waals surface area contributed by atoms with Crippen LogP contribution in [0, 0.1) is 0 Å². The van der Waals surface area contributed by atoms with Crippen molar-refractivity contribution in [3.63, 3.8) is 0 Å². The van der Waals surface area contributed by atoms with Crippen LogP contribution in [-0.2, 0) is 0 Å². The molecule has 0 aliphatic rings. The van der Waals surface area contributed by atoms with Crippen molar-refractivity contribution in [3.8, 4) is 5.75 Å². The van der Waals surface area contributed by atoms with Crippen LogP contribution in [0.3, 0.4) is 0 Å². The highest BCUT2D eigenvalue weighted by Crippen LogP contribution is 2.23. The monoisotopic (exact) mass is 287 g/mol. The second-order valence-electron chi connectivity index (χ2n) is 3.29. The van der Waals surface area contributed by atoms with Crippen LogP contribution in [0.2, 0.25) is 0 Å². The fourth-order valence-electron chi connectivity index (χ4n) is 1.30. The molecular formula is C11H14BrNO3. The van der Waals surface area contributed by atoms with Gasteiger partial charge in [0.05, 0.1) is 19.3 Å².